The van der Waals surface area contributed by atoms with E-state index in [0.29, 0.717) is 12.6 Å². The Balaban J connectivity index is 1.76. The Hall–Kier alpha value is -2.41. The fraction of sp³-hybridized carbons (Fsp3) is 0.591. The molecule has 1 aliphatic rings. The number of rotatable bonds is 7. The number of likely N-dealkylation sites (N-methyl/N-ethyl adjacent to an activating group) is 2. The van der Waals surface area contributed by atoms with E-state index in [1.54, 1.807) is 0 Å². The molecule has 2 unspecified atom stereocenters. The molecule has 1 N–H and O–H groups in total. The van der Waals surface area contributed by atoms with Crippen molar-refractivity contribution in [3.05, 3.63) is 47.5 Å². The molecule has 3 rings (SSSR count). The van der Waals surface area contributed by atoms with Gasteiger partial charge in [-0.3, -0.25) is 4.90 Å². The highest BCUT2D eigenvalue weighted by Gasteiger charge is 2.25. The van der Waals surface area contributed by atoms with Crippen molar-refractivity contribution in [2.45, 2.75) is 52.2 Å². The number of benzene rings is 1. The van der Waals surface area contributed by atoms with E-state index >= 15 is 0 Å². The summed E-state index contributed by atoms with van der Waals surface area (Å²) in [5.74, 6) is 2.68. The first kappa shape index (κ1) is 21.3. The summed E-state index contributed by atoms with van der Waals surface area (Å²) in [6.07, 6.45) is 2.53. The van der Waals surface area contributed by atoms with Gasteiger partial charge in [0.05, 0.1) is 6.04 Å². The predicted octanol–water partition coefficient (Wildman–Crippen LogP) is 2.75. The molecule has 2 atom stereocenters. The van der Waals surface area contributed by atoms with Crippen LogP contribution in [0, 0.1) is 6.92 Å². The molecule has 0 bridgehead atoms. The third-order valence-electron chi connectivity index (χ3n) is 5.95. The molecule has 2 aromatic rings. The van der Waals surface area contributed by atoms with Crippen LogP contribution >= 0.6 is 0 Å². The second-order valence-corrected chi connectivity index (χ2v) is 7.94. The summed E-state index contributed by atoms with van der Waals surface area (Å²) in [4.78, 5) is 9.75. The molecular weight excluding hydrogens is 362 g/mol. The number of nitrogens with zero attached hydrogens (tertiary/aromatic N) is 6. The Morgan fingerprint density at radius 2 is 2.07 bits per heavy atom. The van der Waals surface area contributed by atoms with Gasteiger partial charge in [-0.1, -0.05) is 37.3 Å². The van der Waals surface area contributed by atoms with Crippen LogP contribution in [0.3, 0.4) is 0 Å². The zero-order chi connectivity index (χ0) is 20.8. The minimum atomic E-state index is 0.171. The van der Waals surface area contributed by atoms with Crippen molar-refractivity contribution >= 4 is 5.96 Å². The van der Waals surface area contributed by atoms with Gasteiger partial charge in [-0.2, -0.15) is 0 Å². The summed E-state index contributed by atoms with van der Waals surface area (Å²) in [6, 6.07) is 11.3. The summed E-state index contributed by atoms with van der Waals surface area (Å²) in [6.45, 7) is 10.2. The van der Waals surface area contributed by atoms with Crippen LogP contribution in [0.15, 0.2) is 35.3 Å². The summed E-state index contributed by atoms with van der Waals surface area (Å²) >= 11 is 0. The largest absolute Gasteiger partial charge is 0.350 e. The Bertz CT molecular complexity index is 799. The molecule has 0 amide bonds. The van der Waals surface area contributed by atoms with Gasteiger partial charge < -0.3 is 14.8 Å². The Morgan fingerprint density at radius 1 is 1.31 bits per heavy atom. The third-order valence-corrected chi connectivity index (χ3v) is 5.95. The van der Waals surface area contributed by atoms with E-state index < -0.39 is 0 Å². The van der Waals surface area contributed by atoms with E-state index in [9.17, 15) is 0 Å². The van der Waals surface area contributed by atoms with E-state index in [2.05, 4.69) is 70.5 Å². The lowest BCUT2D eigenvalue weighted by molar-refractivity contribution is 0.232. The van der Waals surface area contributed by atoms with Crippen LogP contribution in [0.4, 0.5) is 0 Å². The molecule has 1 aliphatic heterocycles. The molecule has 1 aromatic carbocycles. The number of aromatic nitrogens is 3. The smallest absolute Gasteiger partial charge is 0.194 e. The van der Waals surface area contributed by atoms with Gasteiger partial charge in [0.1, 0.15) is 12.4 Å². The van der Waals surface area contributed by atoms with Gasteiger partial charge >= 0.3 is 0 Å². The van der Waals surface area contributed by atoms with Crippen molar-refractivity contribution in [3.63, 3.8) is 0 Å². The standard InChI is InChI=1S/C22H35N7/c1-6-29-14-10-13-20(29)16-27(4)22(23-15-21-26-25-18(3)28(21)5)24-17(2)19-11-8-7-9-12-19/h7-9,11-12,17,20H,6,10,13-16H2,1-5H3,(H,23,24). The van der Waals surface area contributed by atoms with E-state index in [-0.39, 0.29) is 6.04 Å². The first-order chi connectivity index (χ1) is 14.0. The highest BCUT2D eigenvalue weighted by atomic mass is 15.3. The van der Waals surface area contributed by atoms with Crippen LogP contribution in [0.1, 0.15) is 49.9 Å². The van der Waals surface area contributed by atoms with Gasteiger partial charge in [0, 0.05) is 26.7 Å². The SMILES string of the molecule is CCN1CCCC1CN(C)C(=NCc1nnc(C)n1C)NC(C)c1ccccc1. The Labute approximate surface area is 174 Å². The molecular formula is C22H35N7. The number of nitrogens with one attached hydrogen (secondary N) is 1. The molecule has 1 saturated heterocycles. The van der Waals surface area contributed by atoms with Crippen LogP contribution < -0.4 is 5.32 Å². The molecule has 2 heterocycles. The zero-order valence-corrected chi connectivity index (χ0v) is 18.5. The Morgan fingerprint density at radius 3 is 2.72 bits per heavy atom. The highest BCUT2D eigenvalue weighted by Crippen LogP contribution is 2.18. The van der Waals surface area contributed by atoms with Gasteiger partial charge in [-0.05, 0) is 45.3 Å². The monoisotopic (exact) mass is 397 g/mol. The third kappa shape index (κ3) is 5.35. The summed E-state index contributed by atoms with van der Waals surface area (Å²) in [5, 5.41) is 12.1. The lowest BCUT2D eigenvalue weighted by atomic mass is 10.1. The number of hydrogen-bond acceptors (Lipinski definition) is 4. The summed E-state index contributed by atoms with van der Waals surface area (Å²) < 4.78 is 2.00. The number of guanidine groups is 1. The first-order valence-corrected chi connectivity index (χ1v) is 10.7. The molecule has 158 valence electrons. The van der Waals surface area contributed by atoms with E-state index in [4.69, 9.17) is 4.99 Å². The van der Waals surface area contributed by atoms with Gasteiger partial charge in [0.15, 0.2) is 11.8 Å². The maximum atomic E-state index is 4.92. The highest BCUT2D eigenvalue weighted by molar-refractivity contribution is 5.80. The topological polar surface area (TPSA) is 61.6 Å². The second-order valence-electron chi connectivity index (χ2n) is 7.94. The molecule has 1 aromatic heterocycles. The molecule has 0 saturated carbocycles. The van der Waals surface area contributed by atoms with Gasteiger partial charge in [0.2, 0.25) is 0 Å². The van der Waals surface area contributed by atoms with Crippen LogP contribution in [-0.2, 0) is 13.6 Å². The van der Waals surface area contributed by atoms with Crippen LogP contribution in [0.2, 0.25) is 0 Å². The molecule has 0 spiro atoms. The van der Waals surface area contributed by atoms with Gasteiger partial charge in [-0.25, -0.2) is 4.99 Å². The molecule has 0 radical (unpaired) electrons. The van der Waals surface area contributed by atoms with Crippen LogP contribution in [0.5, 0.6) is 0 Å². The normalized spacial score (nSPS) is 18.8. The molecule has 0 aliphatic carbocycles. The summed E-state index contributed by atoms with van der Waals surface area (Å²) in [5.41, 5.74) is 1.25. The Kier molecular flexibility index (Phi) is 7.25. The predicted molar refractivity (Wildman–Crippen MR) is 118 cm³/mol. The van der Waals surface area contributed by atoms with Crippen molar-refractivity contribution in [1.82, 2.24) is 29.9 Å². The lowest BCUT2D eigenvalue weighted by Gasteiger charge is -2.31. The number of likely N-dealkylation sites (tertiary alicyclic amines) is 1. The maximum absolute atomic E-state index is 4.92. The second kappa shape index (κ2) is 9.87. The minimum absolute atomic E-state index is 0.171. The summed E-state index contributed by atoms with van der Waals surface area (Å²) in [7, 11) is 4.12. The molecule has 7 nitrogen and oxygen atoms in total. The number of hydrogen-bond donors (Lipinski definition) is 1. The molecule has 29 heavy (non-hydrogen) atoms. The number of aliphatic imine (C=N–C) groups is 1. The quantitative estimate of drug-likeness (QED) is 0.575. The molecule has 1 fully saturated rings. The average Bonchev–Trinajstić information content (AvgIpc) is 3.32. The number of aryl methyl sites for hydroxylation is 1. The van der Waals surface area contributed by atoms with Gasteiger partial charge in [0.25, 0.3) is 0 Å². The van der Waals surface area contributed by atoms with Crippen molar-refractivity contribution in [2.24, 2.45) is 12.0 Å². The van der Waals surface area contributed by atoms with Crippen LogP contribution in [0.25, 0.3) is 0 Å². The van der Waals surface area contributed by atoms with Crippen molar-refractivity contribution in [3.8, 4) is 0 Å². The fourth-order valence-electron chi connectivity index (χ4n) is 3.95. The van der Waals surface area contributed by atoms with Crippen molar-refractivity contribution in [1.29, 1.82) is 0 Å². The van der Waals surface area contributed by atoms with Crippen molar-refractivity contribution < 1.29 is 0 Å². The maximum Gasteiger partial charge on any atom is 0.194 e. The van der Waals surface area contributed by atoms with Gasteiger partial charge in [-0.15, -0.1) is 10.2 Å². The zero-order valence-electron chi connectivity index (χ0n) is 18.5. The minimum Gasteiger partial charge on any atom is -0.350 e. The lowest BCUT2D eigenvalue weighted by Crippen LogP contribution is -2.46. The van der Waals surface area contributed by atoms with Crippen molar-refractivity contribution in [2.75, 3.05) is 26.7 Å². The fourth-order valence-corrected chi connectivity index (χ4v) is 3.95. The molecule has 7 heteroatoms. The first-order valence-electron chi connectivity index (χ1n) is 10.7. The van der Waals surface area contributed by atoms with Crippen LogP contribution in [-0.4, -0.2) is 63.2 Å². The van der Waals surface area contributed by atoms with E-state index in [1.807, 2.05) is 24.6 Å². The van der Waals surface area contributed by atoms with E-state index in [0.717, 1.165) is 30.7 Å². The average molecular weight is 398 g/mol. The van der Waals surface area contributed by atoms with E-state index in [1.165, 1.54) is 24.9 Å².